The van der Waals surface area contributed by atoms with Crippen molar-refractivity contribution in [3.05, 3.63) is 46.9 Å². The first-order valence-electron chi connectivity index (χ1n) is 7.47. The van der Waals surface area contributed by atoms with Gasteiger partial charge < -0.3 is 14.6 Å². The highest BCUT2D eigenvalue weighted by atomic mass is 32.2. The van der Waals surface area contributed by atoms with Crippen molar-refractivity contribution in [2.45, 2.75) is 13.0 Å². The summed E-state index contributed by atoms with van der Waals surface area (Å²) >= 11 is 6.24. The molecule has 0 bridgehead atoms. The number of ether oxygens (including phenoxy) is 1. The van der Waals surface area contributed by atoms with Gasteiger partial charge in [0.05, 0.1) is 24.0 Å². The molecule has 1 saturated heterocycles. The fourth-order valence-corrected chi connectivity index (χ4v) is 4.05. The molecule has 1 aliphatic rings. The molecule has 0 aromatic heterocycles. The number of hydrogen-bond acceptors (Lipinski definition) is 6. The van der Waals surface area contributed by atoms with Crippen LogP contribution in [0.25, 0.3) is 16.8 Å². The average Bonchev–Trinajstić information content (AvgIpc) is 2.88. The standard InChI is InChI=1S/C18H15NO4S2/c1-10(17(21)22)19-16(20)15(25-18(19)24)9-13-12-6-4-3-5-11(12)7-8-14(13)23-2/h3-10H,1-2H3,(H,21,22)/p-1/b15-9-/t10-/m0/s1. The molecule has 0 aliphatic carbocycles. The van der Waals surface area contributed by atoms with Gasteiger partial charge in [0.15, 0.2) is 0 Å². The number of amides is 1. The lowest BCUT2D eigenvalue weighted by Gasteiger charge is -2.23. The molecule has 25 heavy (non-hydrogen) atoms. The first-order valence-corrected chi connectivity index (χ1v) is 8.70. The minimum Gasteiger partial charge on any atom is -0.548 e. The molecule has 5 nitrogen and oxygen atoms in total. The van der Waals surface area contributed by atoms with Crippen molar-refractivity contribution < 1.29 is 19.4 Å². The van der Waals surface area contributed by atoms with Gasteiger partial charge in [0.25, 0.3) is 5.91 Å². The molecule has 7 heteroatoms. The van der Waals surface area contributed by atoms with Crippen molar-refractivity contribution in [1.82, 2.24) is 4.90 Å². The van der Waals surface area contributed by atoms with Gasteiger partial charge in [-0.05, 0) is 29.8 Å². The van der Waals surface area contributed by atoms with Crippen molar-refractivity contribution in [2.24, 2.45) is 0 Å². The zero-order chi connectivity index (χ0) is 18.1. The normalized spacial score (nSPS) is 17.4. The quantitative estimate of drug-likeness (QED) is 0.605. The Morgan fingerprint density at radius 3 is 2.72 bits per heavy atom. The number of fused-ring (bicyclic) bond motifs is 1. The predicted octanol–water partition coefficient (Wildman–Crippen LogP) is 2.19. The number of carbonyl (C=O) groups is 2. The summed E-state index contributed by atoms with van der Waals surface area (Å²) in [5.41, 5.74) is 0.752. The van der Waals surface area contributed by atoms with Gasteiger partial charge in [-0.1, -0.05) is 54.3 Å². The molecule has 2 aromatic rings. The number of hydrogen-bond donors (Lipinski definition) is 0. The van der Waals surface area contributed by atoms with E-state index in [1.54, 1.807) is 13.2 Å². The van der Waals surface area contributed by atoms with E-state index in [9.17, 15) is 14.7 Å². The largest absolute Gasteiger partial charge is 0.548 e. The van der Waals surface area contributed by atoms with Gasteiger partial charge in [0.2, 0.25) is 0 Å². The van der Waals surface area contributed by atoms with Gasteiger partial charge >= 0.3 is 0 Å². The van der Waals surface area contributed by atoms with Crippen LogP contribution >= 0.6 is 24.0 Å². The van der Waals surface area contributed by atoms with Crippen LogP contribution in [0.1, 0.15) is 12.5 Å². The second kappa shape index (κ2) is 6.85. The van der Waals surface area contributed by atoms with E-state index >= 15 is 0 Å². The summed E-state index contributed by atoms with van der Waals surface area (Å²) in [6.45, 7) is 1.38. The number of nitrogens with zero attached hydrogens (tertiary/aromatic N) is 1. The fraction of sp³-hybridized carbons (Fsp3) is 0.167. The Kier molecular flexibility index (Phi) is 4.78. The molecule has 0 radical (unpaired) electrons. The molecule has 0 spiro atoms. The van der Waals surface area contributed by atoms with Crippen molar-refractivity contribution in [2.75, 3.05) is 7.11 Å². The van der Waals surface area contributed by atoms with E-state index in [-0.39, 0.29) is 4.32 Å². The lowest BCUT2D eigenvalue weighted by atomic mass is 10.0. The van der Waals surface area contributed by atoms with Gasteiger partial charge in [-0.15, -0.1) is 0 Å². The number of thiocarbonyl (C=S) groups is 1. The SMILES string of the molecule is COc1ccc2ccccc2c1/C=C1\SC(=S)N([C@@H](C)C(=O)[O-])C1=O. The van der Waals surface area contributed by atoms with Crippen LogP contribution < -0.4 is 9.84 Å². The second-order valence-electron chi connectivity index (χ2n) is 5.45. The number of carboxylic acids is 1. The average molecular weight is 372 g/mol. The van der Waals surface area contributed by atoms with Gasteiger partial charge in [0, 0.05) is 5.56 Å². The molecule has 2 aromatic carbocycles. The van der Waals surface area contributed by atoms with Gasteiger partial charge in [-0.25, -0.2) is 0 Å². The van der Waals surface area contributed by atoms with E-state index in [4.69, 9.17) is 17.0 Å². The third-order valence-electron chi connectivity index (χ3n) is 3.98. The van der Waals surface area contributed by atoms with E-state index in [2.05, 4.69) is 0 Å². The van der Waals surface area contributed by atoms with Gasteiger partial charge in [0.1, 0.15) is 10.1 Å². The summed E-state index contributed by atoms with van der Waals surface area (Å²) in [5, 5.41) is 13.0. The van der Waals surface area contributed by atoms with E-state index < -0.39 is 17.9 Å². The number of aliphatic carboxylic acids is 1. The molecule has 3 rings (SSSR count). The maximum absolute atomic E-state index is 12.6. The van der Waals surface area contributed by atoms with Crippen molar-refractivity contribution in [1.29, 1.82) is 0 Å². The summed E-state index contributed by atoms with van der Waals surface area (Å²) in [4.78, 5) is 25.1. The lowest BCUT2D eigenvalue weighted by molar-refractivity contribution is -0.309. The zero-order valence-electron chi connectivity index (χ0n) is 13.5. The molecule has 1 heterocycles. The molecule has 1 fully saturated rings. The first kappa shape index (κ1) is 17.4. The second-order valence-corrected chi connectivity index (χ2v) is 7.13. The summed E-state index contributed by atoms with van der Waals surface area (Å²) in [6, 6.07) is 10.4. The van der Waals surface area contributed by atoms with E-state index in [0.717, 1.165) is 33.0 Å². The number of carbonyl (C=O) groups excluding carboxylic acids is 2. The zero-order valence-corrected chi connectivity index (χ0v) is 15.1. The molecule has 0 N–H and O–H groups in total. The van der Waals surface area contributed by atoms with Crippen molar-refractivity contribution in [3.8, 4) is 5.75 Å². The Morgan fingerprint density at radius 1 is 1.32 bits per heavy atom. The molecule has 1 aliphatic heterocycles. The van der Waals surface area contributed by atoms with E-state index in [0.29, 0.717) is 10.7 Å². The monoisotopic (exact) mass is 372 g/mol. The fourth-order valence-electron chi connectivity index (χ4n) is 2.65. The lowest BCUT2D eigenvalue weighted by Crippen LogP contribution is -2.48. The highest BCUT2D eigenvalue weighted by molar-refractivity contribution is 8.26. The van der Waals surface area contributed by atoms with Gasteiger partial charge in [-0.2, -0.15) is 0 Å². The molecule has 1 amide bonds. The van der Waals surface area contributed by atoms with Crippen LogP contribution in [-0.4, -0.2) is 34.2 Å². The number of carboxylic acid groups (broad SMARTS) is 1. The summed E-state index contributed by atoms with van der Waals surface area (Å²) < 4.78 is 5.62. The number of rotatable bonds is 4. The minimum atomic E-state index is -1.35. The van der Waals surface area contributed by atoms with Crippen LogP contribution in [0.4, 0.5) is 0 Å². The number of benzene rings is 2. The van der Waals surface area contributed by atoms with Crippen LogP contribution in [-0.2, 0) is 9.59 Å². The van der Waals surface area contributed by atoms with E-state index in [1.807, 2.05) is 36.4 Å². The topological polar surface area (TPSA) is 69.7 Å². The van der Waals surface area contributed by atoms with E-state index in [1.165, 1.54) is 6.92 Å². The smallest absolute Gasteiger partial charge is 0.266 e. The Bertz CT molecular complexity index is 922. The first-order chi connectivity index (χ1) is 11.9. The minimum absolute atomic E-state index is 0.201. The molecule has 0 unspecified atom stereocenters. The Hall–Kier alpha value is -2.38. The van der Waals surface area contributed by atoms with Crippen molar-refractivity contribution >= 4 is 57.0 Å². The summed E-state index contributed by atoms with van der Waals surface area (Å²) in [7, 11) is 1.56. The van der Waals surface area contributed by atoms with Crippen LogP contribution in [0.3, 0.4) is 0 Å². The van der Waals surface area contributed by atoms with Crippen molar-refractivity contribution in [3.63, 3.8) is 0 Å². The highest BCUT2D eigenvalue weighted by Gasteiger charge is 2.36. The molecular formula is C18H14NO4S2-. The molecule has 128 valence electrons. The third-order valence-corrected chi connectivity index (χ3v) is 5.31. The van der Waals surface area contributed by atoms with Crippen LogP contribution in [0, 0.1) is 0 Å². The number of thioether (sulfide) groups is 1. The highest BCUT2D eigenvalue weighted by Crippen LogP contribution is 2.37. The number of methoxy groups -OCH3 is 1. The maximum Gasteiger partial charge on any atom is 0.266 e. The Morgan fingerprint density at radius 2 is 2.04 bits per heavy atom. The maximum atomic E-state index is 12.6. The van der Waals surface area contributed by atoms with Crippen LogP contribution in [0.5, 0.6) is 5.75 Å². The Labute approximate surface area is 154 Å². The summed E-state index contributed by atoms with van der Waals surface area (Å²) in [5.74, 6) is -1.17. The predicted molar refractivity (Wildman–Crippen MR) is 100.0 cm³/mol. The molecular weight excluding hydrogens is 358 g/mol. The Balaban J connectivity index is 2.10. The third kappa shape index (κ3) is 3.12. The molecule has 1 atom stereocenters. The van der Waals surface area contributed by atoms with Crippen LogP contribution in [0.2, 0.25) is 0 Å². The summed E-state index contributed by atoms with van der Waals surface area (Å²) in [6.07, 6.45) is 1.70. The van der Waals surface area contributed by atoms with Gasteiger partial charge in [-0.3, -0.25) is 9.69 Å². The molecule has 0 saturated carbocycles. The van der Waals surface area contributed by atoms with Crippen LogP contribution in [0.15, 0.2) is 41.3 Å².